The zero-order valence-electron chi connectivity index (χ0n) is 16.3. The van der Waals surface area contributed by atoms with Gasteiger partial charge in [0.2, 0.25) is 5.91 Å². The maximum absolute atomic E-state index is 13.6. The van der Waals surface area contributed by atoms with E-state index in [1.165, 1.54) is 36.0 Å². The lowest BCUT2D eigenvalue weighted by atomic mass is 10.2. The number of halogens is 1. The minimum absolute atomic E-state index is 0.0547. The van der Waals surface area contributed by atoms with Crippen LogP contribution in [0.25, 0.3) is 10.9 Å². The highest BCUT2D eigenvalue weighted by molar-refractivity contribution is 5.84. The zero-order valence-corrected chi connectivity index (χ0v) is 16.3. The molecular weight excluding hydrogens is 391 g/mol. The van der Waals surface area contributed by atoms with Gasteiger partial charge in [-0.3, -0.25) is 29.8 Å². The summed E-state index contributed by atoms with van der Waals surface area (Å²) in [5.74, 6) is -1.69. The number of para-hydroxylation sites is 2. The third kappa shape index (κ3) is 5.19. The Labute approximate surface area is 171 Å². The molecule has 3 rings (SSSR count). The lowest BCUT2D eigenvalue weighted by molar-refractivity contribution is -0.132. The van der Waals surface area contributed by atoms with Gasteiger partial charge in [-0.05, 0) is 37.6 Å². The van der Waals surface area contributed by atoms with Crippen LogP contribution in [0, 0.1) is 5.82 Å². The number of aromatic nitrogens is 2. The van der Waals surface area contributed by atoms with Gasteiger partial charge in [-0.15, -0.1) is 0 Å². The number of nitrogens with zero attached hydrogens (tertiary/aromatic N) is 2. The van der Waals surface area contributed by atoms with Crippen molar-refractivity contribution in [1.29, 1.82) is 0 Å². The van der Waals surface area contributed by atoms with Crippen LogP contribution in [-0.2, 0) is 16.1 Å². The molecule has 1 atom stereocenters. The molecule has 0 aliphatic rings. The maximum atomic E-state index is 13.6. The number of hydrogen-bond donors (Lipinski definition) is 2. The molecule has 0 aliphatic heterocycles. The quantitative estimate of drug-likeness (QED) is 0.578. The van der Waals surface area contributed by atoms with Crippen molar-refractivity contribution in [1.82, 2.24) is 20.4 Å². The number of ether oxygens (including phenoxy) is 1. The molecule has 0 saturated heterocycles. The van der Waals surface area contributed by atoms with Crippen LogP contribution in [0.3, 0.4) is 0 Å². The van der Waals surface area contributed by atoms with E-state index in [9.17, 15) is 18.8 Å². The van der Waals surface area contributed by atoms with Gasteiger partial charge >= 0.3 is 0 Å². The van der Waals surface area contributed by atoms with Gasteiger partial charge in [0.25, 0.3) is 11.5 Å². The molecule has 1 unspecified atom stereocenters. The molecule has 2 N–H and O–H groups in total. The molecular formula is C21H21FN4O4. The second-order valence-electron chi connectivity index (χ2n) is 6.59. The SMILES string of the molecule is CC(Oc1ccccc1F)C(=O)NNC(=O)CCCn1cnc2ccccc2c1=O. The van der Waals surface area contributed by atoms with Gasteiger partial charge in [-0.25, -0.2) is 9.37 Å². The molecule has 0 aliphatic carbocycles. The highest BCUT2D eigenvalue weighted by atomic mass is 19.1. The van der Waals surface area contributed by atoms with Crippen LogP contribution in [0.4, 0.5) is 4.39 Å². The van der Waals surface area contributed by atoms with Crippen LogP contribution in [0.5, 0.6) is 5.75 Å². The van der Waals surface area contributed by atoms with E-state index in [-0.39, 0.29) is 17.7 Å². The highest BCUT2D eigenvalue weighted by Crippen LogP contribution is 2.16. The van der Waals surface area contributed by atoms with E-state index in [4.69, 9.17) is 4.74 Å². The summed E-state index contributed by atoms with van der Waals surface area (Å²) in [5, 5.41) is 0.514. The van der Waals surface area contributed by atoms with Crippen LogP contribution >= 0.6 is 0 Å². The van der Waals surface area contributed by atoms with Crippen LogP contribution in [-0.4, -0.2) is 27.5 Å². The summed E-state index contributed by atoms with van der Waals surface area (Å²) in [5.41, 5.74) is 4.96. The molecule has 1 heterocycles. The fraction of sp³-hybridized carbons (Fsp3) is 0.238. The van der Waals surface area contributed by atoms with Crippen LogP contribution < -0.4 is 21.1 Å². The third-order valence-electron chi connectivity index (χ3n) is 4.37. The number of carbonyl (C=O) groups is 2. The molecule has 0 spiro atoms. The summed E-state index contributed by atoms with van der Waals surface area (Å²) in [6, 6.07) is 12.8. The van der Waals surface area contributed by atoms with Crippen molar-refractivity contribution in [2.45, 2.75) is 32.4 Å². The Morgan fingerprint density at radius 1 is 1.13 bits per heavy atom. The molecule has 0 fully saturated rings. The van der Waals surface area contributed by atoms with Crippen molar-refractivity contribution in [3.8, 4) is 5.75 Å². The molecule has 0 saturated carbocycles. The predicted molar refractivity (Wildman–Crippen MR) is 108 cm³/mol. The molecule has 30 heavy (non-hydrogen) atoms. The minimum atomic E-state index is -1.01. The Morgan fingerprint density at radius 3 is 2.67 bits per heavy atom. The number of amides is 2. The fourth-order valence-corrected chi connectivity index (χ4v) is 2.76. The molecule has 8 nitrogen and oxygen atoms in total. The zero-order chi connectivity index (χ0) is 21.5. The second-order valence-corrected chi connectivity index (χ2v) is 6.59. The first kappa shape index (κ1) is 21.0. The number of fused-ring (bicyclic) bond motifs is 1. The first-order valence-electron chi connectivity index (χ1n) is 9.40. The van der Waals surface area contributed by atoms with Crippen molar-refractivity contribution in [2.24, 2.45) is 0 Å². The molecule has 0 radical (unpaired) electrons. The Hall–Kier alpha value is -3.75. The van der Waals surface area contributed by atoms with Gasteiger partial charge in [-0.1, -0.05) is 24.3 Å². The Morgan fingerprint density at radius 2 is 1.87 bits per heavy atom. The lowest BCUT2D eigenvalue weighted by Crippen LogP contribution is -2.47. The first-order chi connectivity index (χ1) is 14.5. The number of aryl methyl sites for hydroxylation is 1. The lowest BCUT2D eigenvalue weighted by Gasteiger charge is -2.15. The number of nitrogens with one attached hydrogen (secondary N) is 2. The summed E-state index contributed by atoms with van der Waals surface area (Å²) >= 11 is 0. The van der Waals surface area contributed by atoms with E-state index >= 15 is 0 Å². The standard InChI is InChI=1S/C21H21FN4O4/c1-14(30-18-10-5-3-8-16(18)22)20(28)25-24-19(27)11-6-12-26-13-23-17-9-4-2-7-15(17)21(26)29/h2-5,7-10,13-14H,6,11-12H2,1H3,(H,24,27)(H,25,28). The largest absolute Gasteiger partial charge is 0.478 e. The van der Waals surface area contributed by atoms with E-state index < -0.39 is 23.7 Å². The third-order valence-corrected chi connectivity index (χ3v) is 4.37. The molecule has 3 aromatic rings. The summed E-state index contributed by atoms with van der Waals surface area (Å²) in [4.78, 5) is 40.6. The average molecular weight is 412 g/mol. The molecule has 0 bridgehead atoms. The van der Waals surface area contributed by atoms with E-state index in [1.807, 2.05) is 0 Å². The smallest absolute Gasteiger partial charge is 0.279 e. The molecule has 9 heteroatoms. The molecule has 1 aromatic heterocycles. The second kappa shape index (κ2) is 9.64. The topological polar surface area (TPSA) is 102 Å². The van der Waals surface area contributed by atoms with Crippen LogP contribution in [0.2, 0.25) is 0 Å². The van der Waals surface area contributed by atoms with Crippen molar-refractivity contribution >= 4 is 22.7 Å². The summed E-state index contributed by atoms with van der Waals surface area (Å²) in [7, 11) is 0. The predicted octanol–water partition coefficient (Wildman–Crippen LogP) is 1.93. The average Bonchev–Trinajstić information content (AvgIpc) is 2.75. The Kier molecular flexibility index (Phi) is 6.74. The normalized spacial score (nSPS) is 11.7. The van der Waals surface area contributed by atoms with E-state index in [1.54, 1.807) is 30.3 Å². The number of benzene rings is 2. The van der Waals surface area contributed by atoms with Gasteiger partial charge in [-0.2, -0.15) is 0 Å². The van der Waals surface area contributed by atoms with Crippen LogP contribution in [0.1, 0.15) is 19.8 Å². The minimum Gasteiger partial charge on any atom is -0.478 e. The van der Waals surface area contributed by atoms with Crippen molar-refractivity contribution in [2.75, 3.05) is 0 Å². The summed E-state index contributed by atoms with van der Waals surface area (Å²) < 4.78 is 20.3. The van der Waals surface area contributed by atoms with Gasteiger partial charge in [0.05, 0.1) is 17.2 Å². The monoisotopic (exact) mass is 412 g/mol. The van der Waals surface area contributed by atoms with Crippen molar-refractivity contribution in [3.05, 3.63) is 71.0 Å². The van der Waals surface area contributed by atoms with Crippen molar-refractivity contribution < 1.29 is 18.7 Å². The Balaban J connectivity index is 1.44. The highest BCUT2D eigenvalue weighted by Gasteiger charge is 2.17. The van der Waals surface area contributed by atoms with Gasteiger partial charge in [0, 0.05) is 13.0 Å². The van der Waals surface area contributed by atoms with Gasteiger partial charge in [0.1, 0.15) is 0 Å². The van der Waals surface area contributed by atoms with Gasteiger partial charge in [0.15, 0.2) is 17.7 Å². The molecule has 156 valence electrons. The number of carbonyl (C=O) groups excluding carboxylic acids is 2. The molecule has 2 amide bonds. The Bertz CT molecular complexity index is 1120. The van der Waals surface area contributed by atoms with Crippen molar-refractivity contribution in [3.63, 3.8) is 0 Å². The number of hydrogen-bond acceptors (Lipinski definition) is 5. The summed E-state index contributed by atoms with van der Waals surface area (Å²) in [6.45, 7) is 1.75. The summed E-state index contributed by atoms with van der Waals surface area (Å²) in [6.07, 6.45) is 0.904. The van der Waals surface area contributed by atoms with Gasteiger partial charge < -0.3 is 4.74 Å². The van der Waals surface area contributed by atoms with E-state index in [2.05, 4.69) is 15.8 Å². The van der Waals surface area contributed by atoms with E-state index in [0.29, 0.717) is 23.9 Å². The fourth-order valence-electron chi connectivity index (χ4n) is 2.76. The van der Waals surface area contributed by atoms with Crippen LogP contribution in [0.15, 0.2) is 59.7 Å². The first-order valence-corrected chi connectivity index (χ1v) is 9.40. The van der Waals surface area contributed by atoms with E-state index in [0.717, 1.165) is 0 Å². The number of hydrazine groups is 1. The molecule has 2 aromatic carbocycles. The maximum Gasteiger partial charge on any atom is 0.279 e. The number of rotatable bonds is 7.